The molecule has 19 heavy (non-hydrogen) atoms. The van der Waals surface area contributed by atoms with E-state index in [1.807, 2.05) is 45.0 Å². The molecule has 0 aromatic heterocycles. The van der Waals surface area contributed by atoms with Gasteiger partial charge in [0.25, 0.3) is 0 Å². The van der Waals surface area contributed by atoms with E-state index in [0.29, 0.717) is 0 Å². The summed E-state index contributed by atoms with van der Waals surface area (Å²) in [6.07, 6.45) is 0.158. The fourth-order valence-electron chi connectivity index (χ4n) is 1.54. The van der Waals surface area contributed by atoms with Gasteiger partial charge in [-0.1, -0.05) is 12.1 Å². The highest BCUT2D eigenvalue weighted by molar-refractivity contribution is 5.85. The van der Waals surface area contributed by atoms with E-state index in [2.05, 4.69) is 5.32 Å². The molecule has 1 unspecified atom stereocenters. The molecule has 1 aromatic rings. The predicted molar refractivity (Wildman–Crippen MR) is 79.7 cm³/mol. The van der Waals surface area contributed by atoms with Gasteiger partial charge >= 0.3 is 0 Å². The lowest BCUT2D eigenvalue weighted by Gasteiger charge is -2.17. The molecule has 0 aliphatic heterocycles. The molecule has 0 bridgehead atoms. The lowest BCUT2D eigenvalue weighted by atomic mass is 10.1. The molecule has 0 saturated heterocycles. The van der Waals surface area contributed by atoms with E-state index in [-0.39, 0.29) is 30.5 Å². The van der Waals surface area contributed by atoms with Gasteiger partial charge in [-0.2, -0.15) is 0 Å². The van der Waals surface area contributed by atoms with Crippen molar-refractivity contribution in [3.8, 4) is 5.75 Å². The number of nitrogens with one attached hydrogen (secondary N) is 1. The van der Waals surface area contributed by atoms with Gasteiger partial charge in [-0.25, -0.2) is 0 Å². The number of rotatable bonds is 5. The highest BCUT2D eigenvalue weighted by atomic mass is 35.5. The van der Waals surface area contributed by atoms with E-state index in [9.17, 15) is 4.79 Å². The number of amides is 1. The Morgan fingerprint density at radius 3 is 2.11 bits per heavy atom. The summed E-state index contributed by atoms with van der Waals surface area (Å²) in [6, 6.07) is 7.16. The summed E-state index contributed by atoms with van der Waals surface area (Å²) in [7, 11) is 0. The molecule has 0 heterocycles. The van der Waals surface area contributed by atoms with Gasteiger partial charge in [0, 0.05) is 0 Å². The minimum absolute atomic E-state index is 0. The molecule has 4 nitrogen and oxygen atoms in total. The van der Waals surface area contributed by atoms with Crippen molar-refractivity contribution in [1.82, 2.24) is 5.32 Å². The van der Waals surface area contributed by atoms with Crippen molar-refractivity contribution in [2.45, 2.75) is 45.9 Å². The van der Waals surface area contributed by atoms with Crippen molar-refractivity contribution in [3.05, 3.63) is 29.8 Å². The van der Waals surface area contributed by atoms with E-state index in [1.165, 1.54) is 0 Å². The number of benzene rings is 1. The molecule has 0 aliphatic carbocycles. The molecule has 0 radical (unpaired) electrons. The lowest BCUT2D eigenvalue weighted by molar-refractivity contribution is -0.122. The summed E-state index contributed by atoms with van der Waals surface area (Å²) in [4.78, 5) is 11.5. The van der Waals surface area contributed by atoms with Crippen LogP contribution in [-0.4, -0.2) is 18.1 Å². The minimum atomic E-state index is -0.490. The maximum absolute atomic E-state index is 11.5. The Labute approximate surface area is 121 Å². The average molecular weight is 287 g/mol. The molecule has 0 spiro atoms. The topological polar surface area (TPSA) is 64.3 Å². The third-order valence-corrected chi connectivity index (χ3v) is 2.52. The van der Waals surface area contributed by atoms with Gasteiger partial charge in [-0.3, -0.25) is 4.79 Å². The van der Waals surface area contributed by atoms with E-state index < -0.39 is 6.04 Å². The van der Waals surface area contributed by atoms with E-state index in [0.717, 1.165) is 11.3 Å². The summed E-state index contributed by atoms with van der Waals surface area (Å²) in [5, 5.41) is 2.85. The normalized spacial score (nSPS) is 13.4. The molecular weight excluding hydrogens is 264 g/mol. The fourth-order valence-corrected chi connectivity index (χ4v) is 1.54. The van der Waals surface area contributed by atoms with Crippen LogP contribution in [-0.2, 0) is 4.79 Å². The zero-order chi connectivity index (χ0) is 13.7. The SMILES string of the molecule is CC(C)Oc1ccc(C(C)NC(=O)[C@H](C)N)cc1.Cl. The number of halogens is 1. The zero-order valence-electron chi connectivity index (χ0n) is 11.8. The van der Waals surface area contributed by atoms with Gasteiger partial charge in [0.2, 0.25) is 5.91 Å². The number of ether oxygens (including phenoxy) is 1. The first-order valence-corrected chi connectivity index (χ1v) is 6.22. The monoisotopic (exact) mass is 286 g/mol. The summed E-state index contributed by atoms with van der Waals surface area (Å²) < 4.78 is 5.56. The zero-order valence-corrected chi connectivity index (χ0v) is 12.7. The van der Waals surface area contributed by atoms with Crippen LogP contribution in [0.5, 0.6) is 5.75 Å². The predicted octanol–water partition coefficient (Wildman–Crippen LogP) is 2.42. The number of nitrogens with two attached hydrogens (primary N) is 1. The van der Waals surface area contributed by atoms with Gasteiger partial charge in [0.15, 0.2) is 0 Å². The van der Waals surface area contributed by atoms with Crippen LogP contribution in [0.4, 0.5) is 0 Å². The third kappa shape index (κ3) is 5.94. The molecule has 1 rings (SSSR count). The maximum atomic E-state index is 11.5. The molecule has 2 atom stereocenters. The first-order valence-electron chi connectivity index (χ1n) is 6.22. The number of hydrogen-bond donors (Lipinski definition) is 2. The Morgan fingerprint density at radius 2 is 1.68 bits per heavy atom. The summed E-state index contributed by atoms with van der Waals surface area (Å²) in [6.45, 7) is 7.57. The lowest BCUT2D eigenvalue weighted by Crippen LogP contribution is -2.39. The van der Waals surface area contributed by atoms with Crippen molar-refractivity contribution in [2.75, 3.05) is 0 Å². The average Bonchev–Trinajstić information content (AvgIpc) is 2.28. The third-order valence-electron chi connectivity index (χ3n) is 2.52. The smallest absolute Gasteiger partial charge is 0.237 e. The Morgan fingerprint density at radius 1 is 1.16 bits per heavy atom. The highest BCUT2D eigenvalue weighted by Crippen LogP contribution is 2.18. The largest absolute Gasteiger partial charge is 0.491 e. The fraction of sp³-hybridized carbons (Fsp3) is 0.500. The molecule has 0 saturated carbocycles. The quantitative estimate of drug-likeness (QED) is 0.874. The van der Waals surface area contributed by atoms with Crippen molar-refractivity contribution in [3.63, 3.8) is 0 Å². The summed E-state index contributed by atoms with van der Waals surface area (Å²) in [5.74, 6) is 0.685. The maximum Gasteiger partial charge on any atom is 0.237 e. The molecule has 0 fully saturated rings. The Bertz CT molecular complexity index is 391. The molecule has 0 aliphatic rings. The van der Waals surface area contributed by atoms with Crippen LogP contribution >= 0.6 is 12.4 Å². The molecule has 5 heteroatoms. The molecule has 108 valence electrons. The van der Waals surface area contributed by atoms with Crippen LogP contribution in [0.3, 0.4) is 0 Å². The van der Waals surface area contributed by atoms with Gasteiger partial charge < -0.3 is 15.8 Å². The van der Waals surface area contributed by atoms with Gasteiger partial charge in [-0.05, 0) is 45.4 Å². The first-order chi connectivity index (χ1) is 8.40. The molecule has 1 amide bonds. The second-order valence-corrected chi connectivity index (χ2v) is 4.75. The first kappa shape index (κ1) is 17.7. The van der Waals surface area contributed by atoms with Gasteiger partial charge in [0.05, 0.1) is 18.2 Å². The second-order valence-electron chi connectivity index (χ2n) is 4.75. The molecule has 1 aromatic carbocycles. The van der Waals surface area contributed by atoms with E-state index in [1.54, 1.807) is 6.92 Å². The van der Waals surface area contributed by atoms with E-state index >= 15 is 0 Å². The minimum Gasteiger partial charge on any atom is -0.491 e. The van der Waals surface area contributed by atoms with Crippen molar-refractivity contribution in [1.29, 1.82) is 0 Å². The standard InChI is InChI=1S/C14H22N2O2.ClH/c1-9(2)18-13-7-5-12(6-8-13)11(4)16-14(17)10(3)15;/h5-11H,15H2,1-4H3,(H,16,17);1H/t10-,11?;/m0./s1. The summed E-state index contributed by atoms with van der Waals surface area (Å²) >= 11 is 0. The van der Waals surface area contributed by atoms with Crippen molar-refractivity contribution < 1.29 is 9.53 Å². The van der Waals surface area contributed by atoms with Crippen molar-refractivity contribution in [2.24, 2.45) is 5.73 Å². The number of carbonyl (C=O) groups is 1. The Balaban J connectivity index is 0.00000324. The van der Waals surface area contributed by atoms with Crippen LogP contribution in [0, 0.1) is 0 Å². The van der Waals surface area contributed by atoms with Crippen LogP contribution < -0.4 is 15.8 Å². The summed E-state index contributed by atoms with van der Waals surface area (Å²) in [5.41, 5.74) is 6.54. The Kier molecular flexibility index (Phi) is 7.49. The van der Waals surface area contributed by atoms with Crippen LogP contribution in [0.25, 0.3) is 0 Å². The molecule has 3 N–H and O–H groups in total. The highest BCUT2D eigenvalue weighted by Gasteiger charge is 2.12. The Hall–Kier alpha value is -1.26. The number of hydrogen-bond acceptors (Lipinski definition) is 3. The number of carbonyl (C=O) groups excluding carboxylic acids is 1. The van der Waals surface area contributed by atoms with Gasteiger partial charge in [0.1, 0.15) is 5.75 Å². The van der Waals surface area contributed by atoms with Crippen molar-refractivity contribution >= 4 is 18.3 Å². The second kappa shape index (κ2) is 8.02. The van der Waals surface area contributed by atoms with Gasteiger partial charge in [-0.15, -0.1) is 12.4 Å². The molecular formula is C14H23ClN2O2. The van der Waals surface area contributed by atoms with Crippen LogP contribution in [0.15, 0.2) is 24.3 Å². The van der Waals surface area contributed by atoms with Crippen LogP contribution in [0.2, 0.25) is 0 Å². The van der Waals surface area contributed by atoms with E-state index in [4.69, 9.17) is 10.5 Å². The van der Waals surface area contributed by atoms with Crippen LogP contribution in [0.1, 0.15) is 39.3 Å².